The van der Waals surface area contributed by atoms with Gasteiger partial charge in [-0.3, -0.25) is 0 Å². The van der Waals surface area contributed by atoms with Gasteiger partial charge < -0.3 is 32.5 Å². The van der Waals surface area contributed by atoms with Gasteiger partial charge in [0.25, 0.3) is 0 Å². The van der Waals surface area contributed by atoms with Crippen LogP contribution in [-0.4, -0.2) is 51.8 Å². The number of nitrogens with two attached hydrogens (primary N) is 3. The molecule has 0 aliphatic heterocycles. The molecule has 0 unspecified atom stereocenters. The topological polar surface area (TPSA) is 156 Å². The van der Waals surface area contributed by atoms with Crippen molar-refractivity contribution in [2.45, 2.75) is 58.2 Å². The van der Waals surface area contributed by atoms with E-state index in [4.69, 9.17) is 36.2 Å². The molecule has 0 bridgehead atoms. The Morgan fingerprint density at radius 1 is 0.650 bits per heavy atom. The van der Waals surface area contributed by atoms with Crippen LogP contribution >= 0.6 is 0 Å². The molecule has 0 fully saturated rings. The van der Waals surface area contributed by atoms with E-state index in [1.54, 1.807) is 41.5 Å². The molecule has 0 amide bonds. The van der Waals surface area contributed by atoms with E-state index in [-0.39, 0.29) is 19.8 Å². The average molecular weight is 334 g/mol. The predicted molar refractivity (Wildman–Crippen MR) is 76.7 cm³/mol. The van der Waals surface area contributed by atoms with Crippen LogP contribution in [0, 0.1) is 0 Å². The summed E-state index contributed by atoms with van der Waals surface area (Å²) in [5, 5.41) is 24.8. The average Bonchev–Trinajstić information content (AvgIpc) is 2.30. The van der Waals surface area contributed by atoms with E-state index in [9.17, 15) is 0 Å². The maximum absolute atomic E-state index is 8.28. The number of hydrogen-bond donors (Lipinski definition) is 6. The summed E-state index contributed by atoms with van der Waals surface area (Å²) in [5.74, 6) is 0. The zero-order chi connectivity index (χ0) is 17.6. The van der Waals surface area contributed by atoms with Crippen LogP contribution in [0.5, 0.6) is 0 Å². The fourth-order valence-corrected chi connectivity index (χ4v) is 0. The molecule has 0 spiro atoms. The van der Waals surface area contributed by atoms with E-state index in [0.29, 0.717) is 0 Å². The van der Waals surface area contributed by atoms with E-state index in [1.807, 2.05) is 0 Å². The Morgan fingerprint density at radius 3 is 0.700 bits per heavy atom. The third-order valence-corrected chi connectivity index (χ3v) is 1.22. The summed E-state index contributed by atoms with van der Waals surface area (Å²) in [5.41, 5.74) is 14.6. The SMILES string of the molecule is CC(C)(N)CO.CC(C)(N)CO.CC(C)(N)CO.[O]=[V]. The third-order valence-electron chi connectivity index (χ3n) is 1.22. The Balaban J connectivity index is -0.0000000902. The van der Waals surface area contributed by atoms with Gasteiger partial charge in [0.2, 0.25) is 0 Å². The van der Waals surface area contributed by atoms with Crippen molar-refractivity contribution in [2.75, 3.05) is 19.8 Å². The van der Waals surface area contributed by atoms with Crippen LogP contribution < -0.4 is 17.2 Å². The molecule has 0 aromatic heterocycles. The Kier molecular flexibility index (Phi) is 20.0. The molecule has 8 heteroatoms. The molecule has 0 atom stereocenters. The Bertz CT molecular complexity index is 165. The van der Waals surface area contributed by atoms with E-state index < -0.39 is 16.6 Å². The predicted octanol–water partition coefficient (Wildman–Crippen LogP) is -0.973. The van der Waals surface area contributed by atoms with E-state index >= 15 is 0 Å². The summed E-state index contributed by atoms with van der Waals surface area (Å²) < 4.78 is 8.19. The molecule has 125 valence electrons. The van der Waals surface area contributed by atoms with Crippen LogP contribution in [-0.2, 0) is 21.0 Å². The van der Waals surface area contributed by atoms with Crippen LogP contribution in [0.2, 0.25) is 0 Å². The van der Waals surface area contributed by atoms with Gasteiger partial charge in [0.15, 0.2) is 0 Å². The summed E-state index contributed by atoms with van der Waals surface area (Å²) in [6.45, 7) is 10.8. The molecular weight excluding hydrogens is 301 g/mol. The second-order valence-electron chi connectivity index (χ2n) is 6.44. The van der Waals surface area contributed by atoms with Gasteiger partial charge in [-0.25, -0.2) is 0 Å². The summed E-state index contributed by atoms with van der Waals surface area (Å²) >= 11 is 1.06. The Hall–Kier alpha value is 0.144. The molecule has 0 radical (unpaired) electrons. The van der Waals surface area contributed by atoms with E-state index in [2.05, 4.69) is 0 Å². The normalized spacial score (nSPS) is 10.9. The standard InChI is InChI=1S/3C4H11NO.O.V/c3*1-4(2,5)3-6;;/h3*6H,3,5H2,1-2H3;;. The Morgan fingerprint density at radius 2 is 0.700 bits per heavy atom. The van der Waals surface area contributed by atoms with Crippen molar-refractivity contribution in [2.24, 2.45) is 17.2 Å². The molecule has 0 rings (SSSR count). The minimum absolute atomic E-state index is 0.0486. The van der Waals surface area contributed by atoms with Gasteiger partial charge in [0.05, 0.1) is 19.8 Å². The van der Waals surface area contributed by atoms with Crippen molar-refractivity contribution in [1.82, 2.24) is 0 Å². The van der Waals surface area contributed by atoms with Gasteiger partial charge in [-0.1, -0.05) is 0 Å². The molecule has 0 heterocycles. The van der Waals surface area contributed by atoms with Gasteiger partial charge in [-0.15, -0.1) is 0 Å². The first-order valence-corrected chi connectivity index (χ1v) is 6.63. The van der Waals surface area contributed by atoms with Crippen LogP contribution in [0.25, 0.3) is 0 Å². The monoisotopic (exact) mass is 334 g/mol. The molecule has 7 nitrogen and oxygen atoms in total. The molecule has 0 aromatic rings. The maximum atomic E-state index is 8.28. The minimum atomic E-state index is -0.403. The molecule has 0 aliphatic carbocycles. The van der Waals surface area contributed by atoms with Gasteiger partial charge in [-0.2, -0.15) is 0 Å². The van der Waals surface area contributed by atoms with Crippen molar-refractivity contribution in [3.05, 3.63) is 0 Å². The van der Waals surface area contributed by atoms with Gasteiger partial charge in [0, 0.05) is 16.6 Å². The van der Waals surface area contributed by atoms with E-state index in [1.165, 1.54) is 0 Å². The number of hydrogen-bond acceptors (Lipinski definition) is 7. The summed E-state index contributed by atoms with van der Waals surface area (Å²) in [7, 11) is 0. The molecule has 0 aliphatic rings. The van der Waals surface area contributed by atoms with Crippen LogP contribution in [0.3, 0.4) is 0 Å². The summed E-state index contributed by atoms with van der Waals surface area (Å²) in [4.78, 5) is 0. The fraction of sp³-hybridized carbons (Fsp3) is 1.00. The van der Waals surface area contributed by atoms with Crippen LogP contribution in [0.4, 0.5) is 0 Å². The second-order valence-corrected chi connectivity index (χ2v) is 6.44. The van der Waals surface area contributed by atoms with Crippen molar-refractivity contribution in [1.29, 1.82) is 0 Å². The van der Waals surface area contributed by atoms with Crippen LogP contribution in [0.15, 0.2) is 0 Å². The molecule has 0 saturated carbocycles. The molecule has 0 aromatic carbocycles. The molecule has 9 N–H and O–H groups in total. The fourth-order valence-electron chi connectivity index (χ4n) is 0. The molecule has 0 saturated heterocycles. The molecular formula is C12H33N3O4V. The first kappa shape index (κ1) is 28.3. The number of aliphatic hydroxyl groups is 3. The van der Waals surface area contributed by atoms with Crippen molar-refractivity contribution in [3.8, 4) is 0 Å². The van der Waals surface area contributed by atoms with Crippen molar-refractivity contribution in [3.63, 3.8) is 0 Å². The second kappa shape index (κ2) is 14.1. The van der Waals surface area contributed by atoms with Crippen LogP contribution in [0.1, 0.15) is 41.5 Å². The number of aliphatic hydroxyl groups excluding tert-OH is 3. The van der Waals surface area contributed by atoms with E-state index in [0.717, 1.165) is 17.4 Å². The Labute approximate surface area is 132 Å². The molecule has 20 heavy (non-hydrogen) atoms. The zero-order valence-corrected chi connectivity index (χ0v) is 14.9. The van der Waals surface area contributed by atoms with Crippen molar-refractivity contribution >= 4 is 0 Å². The van der Waals surface area contributed by atoms with Crippen molar-refractivity contribution < 1.29 is 36.4 Å². The quantitative estimate of drug-likeness (QED) is 0.387. The first-order valence-electron chi connectivity index (χ1n) is 6.06. The van der Waals surface area contributed by atoms with Gasteiger partial charge in [-0.05, 0) is 41.5 Å². The van der Waals surface area contributed by atoms with Gasteiger partial charge >= 0.3 is 21.0 Å². The summed E-state index contributed by atoms with van der Waals surface area (Å²) in [6, 6.07) is 0. The third kappa shape index (κ3) is 63.8. The van der Waals surface area contributed by atoms with Gasteiger partial charge in [0.1, 0.15) is 0 Å². The first-order chi connectivity index (χ1) is 8.68. The number of rotatable bonds is 3. The summed E-state index contributed by atoms with van der Waals surface area (Å²) in [6.07, 6.45) is 0. The zero-order valence-electron chi connectivity index (χ0n) is 13.6.